The van der Waals surface area contributed by atoms with Gasteiger partial charge in [-0.1, -0.05) is 19.0 Å². The number of hydrogen-bond acceptors (Lipinski definition) is 4. The zero-order valence-electron chi connectivity index (χ0n) is 14.1. The van der Waals surface area contributed by atoms with Crippen molar-refractivity contribution >= 4 is 5.91 Å². The quantitative estimate of drug-likeness (QED) is 0.870. The van der Waals surface area contributed by atoms with E-state index in [9.17, 15) is 4.79 Å². The molecular weight excluding hydrogens is 292 g/mol. The van der Waals surface area contributed by atoms with Crippen molar-refractivity contribution < 1.29 is 9.32 Å². The molecule has 0 saturated carbocycles. The average molecular weight is 316 g/mol. The molecule has 1 unspecified atom stereocenters. The molecule has 1 aliphatic rings. The van der Waals surface area contributed by atoms with E-state index in [4.69, 9.17) is 4.52 Å². The van der Waals surface area contributed by atoms with Crippen LogP contribution in [-0.4, -0.2) is 38.6 Å². The number of imidazole rings is 1. The lowest BCUT2D eigenvalue weighted by molar-refractivity contribution is 0.0675. The second-order valence-corrected chi connectivity index (χ2v) is 6.07. The maximum Gasteiger partial charge on any atom is 0.259 e. The summed E-state index contributed by atoms with van der Waals surface area (Å²) >= 11 is 0. The summed E-state index contributed by atoms with van der Waals surface area (Å²) in [7, 11) is 0. The molecule has 2 aromatic heterocycles. The van der Waals surface area contributed by atoms with Gasteiger partial charge in [-0.2, -0.15) is 0 Å². The van der Waals surface area contributed by atoms with Gasteiger partial charge in [-0.05, 0) is 26.2 Å². The molecule has 3 rings (SSSR count). The van der Waals surface area contributed by atoms with Gasteiger partial charge in [0.05, 0.1) is 11.7 Å². The number of aryl methyl sites for hydroxylation is 3. The van der Waals surface area contributed by atoms with Gasteiger partial charge in [0.1, 0.15) is 17.1 Å². The largest absolute Gasteiger partial charge is 0.361 e. The number of piperidine rings is 1. The van der Waals surface area contributed by atoms with Crippen LogP contribution in [0, 0.1) is 6.92 Å². The second kappa shape index (κ2) is 6.56. The minimum absolute atomic E-state index is 0.0449. The summed E-state index contributed by atoms with van der Waals surface area (Å²) in [5.74, 6) is 1.74. The third-order valence-electron chi connectivity index (χ3n) is 4.62. The van der Waals surface area contributed by atoms with Crippen molar-refractivity contribution in [3.8, 4) is 0 Å². The van der Waals surface area contributed by atoms with Gasteiger partial charge >= 0.3 is 0 Å². The number of hydrogen-bond donors (Lipinski definition) is 0. The summed E-state index contributed by atoms with van der Waals surface area (Å²) in [6.45, 7) is 7.42. The summed E-state index contributed by atoms with van der Waals surface area (Å²) in [5, 5.41) is 4.01. The Kier molecular flexibility index (Phi) is 4.50. The van der Waals surface area contributed by atoms with Gasteiger partial charge in [-0.25, -0.2) is 4.98 Å². The number of carbonyl (C=O) groups is 1. The monoisotopic (exact) mass is 316 g/mol. The van der Waals surface area contributed by atoms with Crippen molar-refractivity contribution in [2.75, 3.05) is 13.1 Å². The maximum absolute atomic E-state index is 12.9. The number of likely N-dealkylation sites (tertiary alicyclic amines) is 1. The fraction of sp³-hybridized carbons (Fsp3) is 0.588. The molecule has 3 heterocycles. The highest BCUT2D eigenvalue weighted by Gasteiger charge is 2.29. The van der Waals surface area contributed by atoms with E-state index in [-0.39, 0.29) is 5.91 Å². The standard InChI is InChI=1S/C17H24N4O2/c1-4-14-16(12(3)23-19-14)17(22)20-9-6-7-13(11-20)21-10-8-18-15(21)5-2/h8,10,13H,4-7,9,11H2,1-3H3. The Labute approximate surface area is 136 Å². The molecule has 1 atom stereocenters. The molecule has 0 aliphatic carbocycles. The number of aromatic nitrogens is 3. The summed E-state index contributed by atoms with van der Waals surface area (Å²) < 4.78 is 7.44. The molecule has 6 nitrogen and oxygen atoms in total. The van der Waals surface area contributed by atoms with Crippen molar-refractivity contribution in [1.29, 1.82) is 0 Å². The van der Waals surface area contributed by atoms with Gasteiger partial charge in [-0.15, -0.1) is 0 Å². The normalized spacial score (nSPS) is 18.4. The van der Waals surface area contributed by atoms with E-state index >= 15 is 0 Å². The topological polar surface area (TPSA) is 64.2 Å². The predicted molar refractivity (Wildman–Crippen MR) is 86.4 cm³/mol. The van der Waals surface area contributed by atoms with E-state index in [1.54, 1.807) is 0 Å². The van der Waals surface area contributed by atoms with Crippen molar-refractivity contribution in [3.63, 3.8) is 0 Å². The second-order valence-electron chi connectivity index (χ2n) is 6.07. The fourth-order valence-electron chi connectivity index (χ4n) is 3.41. The first kappa shape index (κ1) is 15.8. The third-order valence-corrected chi connectivity index (χ3v) is 4.62. The molecule has 0 radical (unpaired) electrons. The van der Waals surface area contributed by atoms with Crippen molar-refractivity contribution in [2.24, 2.45) is 0 Å². The first-order valence-electron chi connectivity index (χ1n) is 8.41. The van der Waals surface area contributed by atoms with Crippen LogP contribution in [0.1, 0.15) is 60.4 Å². The fourth-order valence-corrected chi connectivity index (χ4v) is 3.41. The van der Waals surface area contributed by atoms with Crippen LogP contribution in [-0.2, 0) is 12.8 Å². The summed E-state index contributed by atoms with van der Waals surface area (Å²) in [6.07, 6.45) is 7.57. The highest BCUT2D eigenvalue weighted by Crippen LogP contribution is 2.26. The van der Waals surface area contributed by atoms with Gasteiger partial charge in [0.25, 0.3) is 5.91 Å². The number of rotatable bonds is 4. The molecule has 2 aromatic rings. The zero-order chi connectivity index (χ0) is 16.4. The highest BCUT2D eigenvalue weighted by molar-refractivity contribution is 5.96. The van der Waals surface area contributed by atoms with Gasteiger partial charge in [0.15, 0.2) is 0 Å². The molecule has 0 N–H and O–H groups in total. The van der Waals surface area contributed by atoms with Crippen LogP contribution in [0.5, 0.6) is 0 Å². The van der Waals surface area contributed by atoms with E-state index in [1.807, 2.05) is 31.1 Å². The smallest absolute Gasteiger partial charge is 0.259 e. The van der Waals surface area contributed by atoms with Crippen LogP contribution in [0.4, 0.5) is 0 Å². The molecule has 1 aliphatic heterocycles. The average Bonchev–Trinajstić information content (AvgIpc) is 3.20. The minimum Gasteiger partial charge on any atom is -0.361 e. The number of nitrogens with zero attached hydrogens (tertiary/aromatic N) is 4. The lowest BCUT2D eigenvalue weighted by Crippen LogP contribution is -2.41. The summed E-state index contributed by atoms with van der Waals surface area (Å²) in [6, 6.07) is 0.301. The van der Waals surface area contributed by atoms with E-state index < -0.39 is 0 Å². The van der Waals surface area contributed by atoms with E-state index in [2.05, 4.69) is 21.6 Å². The van der Waals surface area contributed by atoms with Crippen LogP contribution in [0.3, 0.4) is 0 Å². The van der Waals surface area contributed by atoms with Gasteiger partial charge in [0, 0.05) is 31.9 Å². The third kappa shape index (κ3) is 2.90. The molecule has 124 valence electrons. The van der Waals surface area contributed by atoms with Crippen LogP contribution >= 0.6 is 0 Å². The summed E-state index contributed by atoms with van der Waals surface area (Å²) in [4.78, 5) is 19.3. The molecule has 1 fully saturated rings. The molecule has 6 heteroatoms. The molecule has 1 saturated heterocycles. The Hall–Kier alpha value is -2.11. The van der Waals surface area contributed by atoms with E-state index in [0.717, 1.165) is 43.9 Å². The first-order chi connectivity index (χ1) is 11.2. The Balaban J connectivity index is 1.81. The van der Waals surface area contributed by atoms with E-state index in [1.165, 1.54) is 0 Å². The van der Waals surface area contributed by atoms with Crippen LogP contribution in [0.25, 0.3) is 0 Å². The van der Waals surface area contributed by atoms with Crippen LogP contribution in [0.2, 0.25) is 0 Å². The van der Waals surface area contributed by atoms with E-state index in [0.29, 0.717) is 23.8 Å². The van der Waals surface area contributed by atoms with Crippen LogP contribution in [0.15, 0.2) is 16.9 Å². The lowest BCUT2D eigenvalue weighted by atomic mass is 10.0. The van der Waals surface area contributed by atoms with Gasteiger partial charge in [0.2, 0.25) is 0 Å². The Bertz CT molecular complexity index is 689. The minimum atomic E-state index is 0.0449. The maximum atomic E-state index is 12.9. The van der Waals surface area contributed by atoms with Crippen LogP contribution < -0.4 is 0 Å². The molecule has 0 spiro atoms. The molecule has 0 aromatic carbocycles. The lowest BCUT2D eigenvalue weighted by Gasteiger charge is -2.34. The zero-order valence-corrected chi connectivity index (χ0v) is 14.1. The SMILES string of the molecule is CCc1noc(C)c1C(=O)N1CCCC(n2ccnc2CC)C1. The molecular formula is C17H24N4O2. The molecule has 0 bridgehead atoms. The Morgan fingerprint density at radius 1 is 1.39 bits per heavy atom. The summed E-state index contributed by atoms with van der Waals surface area (Å²) in [5.41, 5.74) is 1.40. The Morgan fingerprint density at radius 2 is 2.22 bits per heavy atom. The molecule has 1 amide bonds. The predicted octanol–water partition coefficient (Wildman–Crippen LogP) is 2.78. The Morgan fingerprint density at radius 3 is 2.96 bits per heavy atom. The first-order valence-corrected chi connectivity index (χ1v) is 8.41. The van der Waals surface area contributed by atoms with Gasteiger partial charge < -0.3 is 14.0 Å². The van der Waals surface area contributed by atoms with Crippen molar-refractivity contribution in [3.05, 3.63) is 35.2 Å². The number of carbonyl (C=O) groups excluding carboxylic acids is 1. The highest BCUT2D eigenvalue weighted by atomic mass is 16.5. The number of amides is 1. The van der Waals surface area contributed by atoms with Crippen molar-refractivity contribution in [1.82, 2.24) is 19.6 Å². The van der Waals surface area contributed by atoms with Crippen molar-refractivity contribution in [2.45, 2.75) is 52.5 Å². The van der Waals surface area contributed by atoms with Gasteiger partial charge in [-0.3, -0.25) is 4.79 Å². The molecule has 23 heavy (non-hydrogen) atoms.